The molecule has 0 radical (unpaired) electrons. The molecule has 1 heterocycles. The molecular weight excluding hydrogens is 294 g/mol. The van der Waals surface area contributed by atoms with Gasteiger partial charge < -0.3 is 4.74 Å². The van der Waals surface area contributed by atoms with Gasteiger partial charge in [0.05, 0.1) is 18.7 Å². The van der Waals surface area contributed by atoms with Gasteiger partial charge in [-0.25, -0.2) is 0 Å². The molecule has 1 fully saturated rings. The molecule has 0 saturated carbocycles. The fraction of sp³-hybridized carbons (Fsp3) is 0.533. The second-order valence-corrected chi connectivity index (χ2v) is 7.51. The van der Waals surface area contributed by atoms with Crippen molar-refractivity contribution in [3.05, 3.63) is 28.8 Å². The van der Waals surface area contributed by atoms with E-state index in [0.717, 1.165) is 13.1 Å². The van der Waals surface area contributed by atoms with Crippen molar-refractivity contribution in [3.63, 3.8) is 0 Å². The summed E-state index contributed by atoms with van der Waals surface area (Å²) < 4.78 is 5.10. The van der Waals surface area contributed by atoms with Crippen LogP contribution in [0.1, 0.15) is 24.2 Å². The van der Waals surface area contributed by atoms with E-state index in [0.29, 0.717) is 33.4 Å². The van der Waals surface area contributed by atoms with Gasteiger partial charge in [0.1, 0.15) is 5.75 Å². The number of hydrogen-bond donors (Lipinski definition) is 0. The predicted octanol–water partition coefficient (Wildman–Crippen LogP) is 3.36. The molecule has 1 aromatic carbocycles. The van der Waals surface area contributed by atoms with Gasteiger partial charge in [0.15, 0.2) is 5.78 Å². The molecule has 2 rings (SSSR count). The molecule has 5 heteroatoms. The first-order valence-electron chi connectivity index (χ1n) is 6.74. The lowest BCUT2D eigenvalue weighted by atomic mass is 10.1. The van der Waals surface area contributed by atoms with Gasteiger partial charge in [0, 0.05) is 29.2 Å². The molecule has 0 N–H and O–H groups in total. The van der Waals surface area contributed by atoms with Crippen LogP contribution in [0, 0.1) is 0 Å². The number of carbonyl (C=O) groups excluding carboxylic acids is 1. The van der Waals surface area contributed by atoms with Crippen LogP contribution in [0.25, 0.3) is 0 Å². The van der Waals surface area contributed by atoms with Crippen molar-refractivity contribution in [1.82, 2.24) is 4.90 Å². The zero-order valence-corrected chi connectivity index (χ0v) is 13.6. The van der Waals surface area contributed by atoms with Gasteiger partial charge in [0.2, 0.25) is 0 Å². The molecule has 2 unspecified atom stereocenters. The van der Waals surface area contributed by atoms with Crippen LogP contribution in [-0.4, -0.2) is 47.9 Å². The zero-order chi connectivity index (χ0) is 14.7. The van der Waals surface area contributed by atoms with Crippen LogP contribution in [0.3, 0.4) is 0 Å². The van der Waals surface area contributed by atoms with Gasteiger partial charge in [-0.3, -0.25) is 9.69 Å². The molecule has 1 aliphatic heterocycles. The third-order valence-corrected chi connectivity index (χ3v) is 4.86. The Hall–Kier alpha value is -0.710. The minimum atomic E-state index is 0.112. The fourth-order valence-electron chi connectivity index (χ4n) is 2.55. The molecule has 1 saturated heterocycles. The molecule has 0 amide bonds. The van der Waals surface area contributed by atoms with Gasteiger partial charge in [-0.05, 0) is 18.2 Å². The SMILES string of the molecule is COc1ccc(C(=O)CN2CC(C)SC(C)C2)cc1Cl. The lowest BCUT2D eigenvalue weighted by Crippen LogP contribution is -2.42. The molecule has 0 spiro atoms. The third-order valence-electron chi connectivity index (χ3n) is 3.34. The minimum absolute atomic E-state index is 0.112. The van der Waals surface area contributed by atoms with E-state index in [9.17, 15) is 4.79 Å². The van der Waals surface area contributed by atoms with Crippen molar-refractivity contribution >= 4 is 29.1 Å². The molecular formula is C15H20ClNO2S. The first-order chi connectivity index (χ1) is 9.49. The Morgan fingerprint density at radius 3 is 2.60 bits per heavy atom. The number of thioether (sulfide) groups is 1. The quantitative estimate of drug-likeness (QED) is 0.797. The Bertz CT molecular complexity index is 485. The van der Waals surface area contributed by atoms with Gasteiger partial charge >= 0.3 is 0 Å². The molecule has 3 nitrogen and oxygen atoms in total. The fourth-order valence-corrected chi connectivity index (χ4v) is 4.19. The van der Waals surface area contributed by atoms with Gasteiger partial charge in [0.25, 0.3) is 0 Å². The highest BCUT2D eigenvalue weighted by molar-refractivity contribution is 8.00. The minimum Gasteiger partial charge on any atom is -0.495 e. The molecule has 2 atom stereocenters. The van der Waals surface area contributed by atoms with E-state index >= 15 is 0 Å². The smallest absolute Gasteiger partial charge is 0.176 e. The number of nitrogens with zero attached hydrogens (tertiary/aromatic N) is 1. The highest BCUT2D eigenvalue weighted by atomic mass is 35.5. The lowest BCUT2D eigenvalue weighted by Gasteiger charge is -2.34. The van der Waals surface area contributed by atoms with Crippen molar-refractivity contribution in [2.24, 2.45) is 0 Å². The summed E-state index contributed by atoms with van der Waals surface area (Å²) in [7, 11) is 1.57. The van der Waals surface area contributed by atoms with E-state index in [1.165, 1.54) is 0 Å². The molecule has 1 aliphatic rings. The number of carbonyl (C=O) groups is 1. The van der Waals surface area contributed by atoms with Crippen LogP contribution >= 0.6 is 23.4 Å². The van der Waals surface area contributed by atoms with Crippen molar-refractivity contribution in [2.75, 3.05) is 26.7 Å². The van der Waals surface area contributed by atoms with E-state index in [2.05, 4.69) is 18.7 Å². The number of ether oxygens (including phenoxy) is 1. The van der Waals surface area contributed by atoms with Gasteiger partial charge in [-0.2, -0.15) is 11.8 Å². The monoisotopic (exact) mass is 313 g/mol. The molecule has 0 aromatic heterocycles. The summed E-state index contributed by atoms with van der Waals surface area (Å²) in [5.41, 5.74) is 0.648. The number of hydrogen-bond acceptors (Lipinski definition) is 4. The second kappa shape index (κ2) is 6.83. The summed E-state index contributed by atoms with van der Waals surface area (Å²) in [4.78, 5) is 14.6. The summed E-state index contributed by atoms with van der Waals surface area (Å²) in [6, 6.07) is 5.21. The first-order valence-corrected chi connectivity index (χ1v) is 8.06. The van der Waals surface area contributed by atoms with Crippen LogP contribution in [0.15, 0.2) is 18.2 Å². The highest BCUT2D eigenvalue weighted by Gasteiger charge is 2.24. The maximum absolute atomic E-state index is 12.3. The highest BCUT2D eigenvalue weighted by Crippen LogP contribution is 2.27. The van der Waals surface area contributed by atoms with E-state index in [1.54, 1.807) is 25.3 Å². The predicted molar refractivity (Wildman–Crippen MR) is 85.3 cm³/mol. The number of rotatable bonds is 4. The Kier molecular flexibility index (Phi) is 5.35. The van der Waals surface area contributed by atoms with Gasteiger partial charge in [-0.15, -0.1) is 0 Å². The summed E-state index contributed by atoms with van der Waals surface area (Å²) in [5, 5.41) is 1.63. The standard InChI is InChI=1S/C15H20ClNO2S/c1-10-7-17(8-11(2)20-10)9-14(18)12-4-5-15(19-3)13(16)6-12/h4-6,10-11H,7-9H2,1-3H3. The summed E-state index contributed by atoms with van der Waals surface area (Å²) >= 11 is 8.05. The Balaban J connectivity index is 2.02. The maximum Gasteiger partial charge on any atom is 0.176 e. The molecule has 0 aliphatic carbocycles. The number of ketones is 1. The Morgan fingerprint density at radius 1 is 1.40 bits per heavy atom. The summed E-state index contributed by atoms with van der Waals surface area (Å²) in [6.45, 7) is 6.80. The first kappa shape index (κ1) is 15.7. The van der Waals surface area contributed by atoms with Crippen LogP contribution in [0.2, 0.25) is 5.02 Å². The average molecular weight is 314 g/mol. The normalized spacial score (nSPS) is 23.6. The zero-order valence-electron chi connectivity index (χ0n) is 12.1. The molecule has 20 heavy (non-hydrogen) atoms. The van der Waals surface area contributed by atoms with E-state index in [4.69, 9.17) is 16.3 Å². The lowest BCUT2D eigenvalue weighted by molar-refractivity contribution is 0.0930. The largest absolute Gasteiger partial charge is 0.495 e. The van der Waals surface area contributed by atoms with Crippen LogP contribution < -0.4 is 4.74 Å². The average Bonchev–Trinajstić information content (AvgIpc) is 2.37. The second-order valence-electron chi connectivity index (χ2n) is 5.22. The van der Waals surface area contributed by atoms with E-state index in [-0.39, 0.29) is 5.78 Å². The van der Waals surface area contributed by atoms with E-state index < -0.39 is 0 Å². The van der Waals surface area contributed by atoms with Crippen molar-refractivity contribution < 1.29 is 9.53 Å². The summed E-state index contributed by atoms with van der Waals surface area (Å²) in [5.74, 6) is 0.709. The van der Waals surface area contributed by atoms with Crippen LogP contribution in [0.5, 0.6) is 5.75 Å². The maximum atomic E-state index is 12.3. The third kappa shape index (κ3) is 3.90. The molecule has 110 valence electrons. The van der Waals surface area contributed by atoms with Crippen molar-refractivity contribution in [2.45, 2.75) is 24.3 Å². The summed E-state index contributed by atoms with van der Waals surface area (Å²) in [6.07, 6.45) is 0. The number of halogens is 1. The Morgan fingerprint density at radius 2 is 2.05 bits per heavy atom. The topological polar surface area (TPSA) is 29.5 Å². The van der Waals surface area contributed by atoms with Crippen molar-refractivity contribution in [1.29, 1.82) is 0 Å². The molecule has 0 bridgehead atoms. The van der Waals surface area contributed by atoms with Crippen molar-refractivity contribution in [3.8, 4) is 5.75 Å². The number of methoxy groups -OCH3 is 1. The van der Waals surface area contributed by atoms with Crippen LogP contribution in [0.4, 0.5) is 0 Å². The number of benzene rings is 1. The number of Topliss-reactive ketones (excluding diaryl/α,β-unsaturated/α-hetero) is 1. The van der Waals surface area contributed by atoms with Gasteiger partial charge in [-0.1, -0.05) is 25.4 Å². The Labute approximate surface area is 129 Å². The van der Waals surface area contributed by atoms with Crippen LogP contribution in [-0.2, 0) is 0 Å². The van der Waals surface area contributed by atoms with E-state index in [1.807, 2.05) is 11.8 Å². The molecule has 1 aromatic rings.